The third-order valence-corrected chi connectivity index (χ3v) is 5.43. The van der Waals surface area contributed by atoms with Crippen LogP contribution in [0.4, 0.5) is 5.69 Å². The molecule has 1 amide bonds. The molecule has 3 rings (SSSR count). The summed E-state index contributed by atoms with van der Waals surface area (Å²) in [7, 11) is 0. The zero-order chi connectivity index (χ0) is 19.4. The molecular formula is C22H27N3OS. The van der Waals surface area contributed by atoms with Crippen LogP contribution in [0.3, 0.4) is 0 Å². The van der Waals surface area contributed by atoms with Crippen LogP contribution in [0.15, 0.2) is 42.5 Å². The molecule has 27 heavy (non-hydrogen) atoms. The van der Waals surface area contributed by atoms with E-state index in [4.69, 9.17) is 12.2 Å². The molecule has 0 aliphatic carbocycles. The van der Waals surface area contributed by atoms with Crippen molar-refractivity contribution in [3.63, 3.8) is 0 Å². The molecule has 0 saturated carbocycles. The highest BCUT2D eigenvalue weighted by Crippen LogP contribution is 2.19. The van der Waals surface area contributed by atoms with Gasteiger partial charge in [0.2, 0.25) is 0 Å². The van der Waals surface area contributed by atoms with Crippen molar-refractivity contribution < 1.29 is 4.79 Å². The number of nitrogens with zero attached hydrogens (tertiary/aromatic N) is 1. The van der Waals surface area contributed by atoms with E-state index < -0.39 is 0 Å². The van der Waals surface area contributed by atoms with E-state index in [-0.39, 0.29) is 11.9 Å². The Morgan fingerprint density at radius 2 is 1.63 bits per heavy atom. The molecule has 5 heteroatoms. The first kappa shape index (κ1) is 19.4. The number of carbonyl (C=O) groups is 1. The number of benzene rings is 2. The Balaban J connectivity index is 1.51. The fraction of sp³-hybridized carbons (Fsp3) is 0.364. The summed E-state index contributed by atoms with van der Waals surface area (Å²) in [5, 5.41) is 7.29. The first-order valence-electron chi connectivity index (χ1n) is 9.43. The standard InChI is InChI=1S/C22H27N3OS/c1-15-5-8-18(9-6-15)21(26)23-19-10-12-25(13-11-19)22(27)24-20-14-16(2)4-7-17(20)3/h4-9,14,19H,10-13H2,1-3H3,(H,23,26)(H,24,27). The largest absolute Gasteiger partial charge is 0.349 e. The van der Waals surface area contributed by atoms with E-state index in [0.717, 1.165) is 47.9 Å². The lowest BCUT2D eigenvalue weighted by Crippen LogP contribution is -2.47. The highest BCUT2D eigenvalue weighted by atomic mass is 32.1. The van der Waals surface area contributed by atoms with E-state index in [9.17, 15) is 4.79 Å². The number of nitrogens with one attached hydrogen (secondary N) is 2. The van der Waals surface area contributed by atoms with Crippen LogP contribution in [-0.2, 0) is 0 Å². The number of amides is 1. The average Bonchev–Trinajstić information content (AvgIpc) is 2.65. The lowest BCUT2D eigenvalue weighted by atomic mass is 10.0. The second-order valence-corrected chi connectivity index (χ2v) is 7.74. The number of rotatable bonds is 3. The Bertz CT molecular complexity index is 824. The molecule has 0 spiro atoms. The maximum absolute atomic E-state index is 12.4. The number of anilines is 1. The minimum Gasteiger partial charge on any atom is -0.349 e. The summed E-state index contributed by atoms with van der Waals surface area (Å²) < 4.78 is 0. The summed E-state index contributed by atoms with van der Waals surface area (Å²) in [5.74, 6) is 0.00420. The van der Waals surface area contributed by atoms with E-state index >= 15 is 0 Å². The second kappa shape index (κ2) is 8.53. The van der Waals surface area contributed by atoms with E-state index in [1.165, 1.54) is 11.1 Å². The van der Waals surface area contributed by atoms with Crippen LogP contribution in [0.25, 0.3) is 0 Å². The quantitative estimate of drug-likeness (QED) is 0.782. The molecule has 4 nitrogen and oxygen atoms in total. The smallest absolute Gasteiger partial charge is 0.251 e. The lowest BCUT2D eigenvalue weighted by molar-refractivity contribution is 0.0922. The normalized spacial score (nSPS) is 14.7. The van der Waals surface area contributed by atoms with Gasteiger partial charge < -0.3 is 15.5 Å². The lowest BCUT2D eigenvalue weighted by Gasteiger charge is -2.34. The van der Waals surface area contributed by atoms with Crippen molar-refractivity contribution >= 4 is 28.9 Å². The summed E-state index contributed by atoms with van der Waals surface area (Å²) in [6, 6.07) is 14.2. The highest BCUT2D eigenvalue weighted by Gasteiger charge is 2.22. The van der Waals surface area contributed by atoms with Gasteiger partial charge in [-0.05, 0) is 75.2 Å². The molecular weight excluding hydrogens is 354 g/mol. The van der Waals surface area contributed by atoms with Gasteiger partial charge in [0, 0.05) is 30.4 Å². The van der Waals surface area contributed by atoms with E-state index in [2.05, 4.69) is 47.6 Å². The molecule has 1 aliphatic heterocycles. The summed E-state index contributed by atoms with van der Waals surface area (Å²) in [5.41, 5.74) is 5.33. The summed E-state index contributed by atoms with van der Waals surface area (Å²) in [6.45, 7) is 7.87. The molecule has 1 aliphatic rings. The average molecular weight is 382 g/mol. The van der Waals surface area contributed by atoms with Crippen molar-refractivity contribution in [2.75, 3.05) is 18.4 Å². The molecule has 0 radical (unpaired) electrons. The van der Waals surface area contributed by atoms with Crippen molar-refractivity contribution in [3.05, 3.63) is 64.7 Å². The van der Waals surface area contributed by atoms with Gasteiger partial charge in [-0.3, -0.25) is 4.79 Å². The van der Waals surface area contributed by atoms with Crippen LogP contribution in [0.1, 0.15) is 39.9 Å². The van der Waals surface area contributed by atoms with E-state index in [1.807, 2.05) is 31.2 Å². The molecule has 2 N–H and O–H groups in total. The number of hydrogen-bond acceptors (Lipinski definition) is 2. The van der Waals surface area contributed by atoms with Gasteiger partial charge in [0.15, 0.2) is 5.11 Å². The van der Waals surface area contributed by atoms with Crippen LogP contribution >= 0.6 is 12.2 Å². The third-order valence-electron chi connectivity index (χ3n) is 5.07. The number of thiocarbonyl (C=S) groups is 1. The molecule has 1 saturated heterocycles. The van der Waals surface area contributed by atoms with Gasteiger partial charge in [0.25, 0.3) is 5.91 Å². The molecule has 0 atom stereocenters. The van der Waals surface area contributed by atoms with Crippen LogP contribution < -0.4 is 10.6 Å². The Labute approximate surface area is 167 Å². The fourth-order valence-electron chi connectivity index (χ4n) is 3.27. The fourth-order valence-corrected chi connectivity index (χ4v) is 3.56. The number of aryl methyl sites for hydroxylation is 3. The molecule has 0 bridgehead atoms. The van der Waals surface area contributed by atoms with Crippen molar-refractivity contribution in [1.29, 1.82) is 0 Å². The van der Waals surface area contributed by atoms with Gasteiger partial charge in [-0.1, -0.05) is 29.8 Å². The third kappa shape index (κ3) is 5.07. The first-order chi connectivity index (χ1) is 12.9. The summed E-state index contributed by atoms with van der Waals surface area (Å²) in [6.07, 6.45) is 1.79. The molecule has 2 aromatic rings. The van der Waals surface area contributed by atoms with Crippen LogP contribution in [0, 0.1) is 20.8 Å². The Morgan fingerprint density at radius 3 is 2.30 bits per heavy atom. The Morgan fingerprint density at radius 1 is 1.00 bits per heavy atom. The zero-order valence-corrected chi connectivity index (χ0v) is 17.0. The molecule has 1 fully saturated rings. The number of piperidine rings is 1. The van der Waals surface area contributed by atoms with Gasteiger partial charge in [-0.2, -0.15) is 0 Å². The predicted molar refractivity (Wildman–Crippen MR) is 115 cm³/mol. The van der Waals surface area contributed by atoms with E-state index in [1.54, 1.807) is 0 Å². The van der Waals surface area contributed by atoms with Crippen molar-refractivity contribution in [2.45, 2.75) is 39.7 Å². The van der Waals surface area contributed by atoms with Crippen molar-refractivity contribution in [3.8, 4) is 0 Å². The molecule has 0 unspecified atom stereocenters. The van der Waals surface area contributed by atoms with Crippen molar-refractivity contribution in [1.82, 2.24) is 10.2 Å². The minimum atomic E-state index is 0.00420. The number of hydrogen-bond donors (Lipinski definition) is 2. The predicted octanol–water partition coefficient (Wildman–Crippen LogP) is 4.20. The molecule has 2 aromatic carbocycles. The first-order valence-corrected chi connectivity index (χ1v) is 9.84. The molecule has 1 heterocycles. The minimum absolute atomic E-state index is 0.00420. The van der Waals surface area contributed by atoms with Gasteiger partial charge in [-0.25, -0.2) is 0 Å². The van der Waals surface area contributed by atoms with Gasteiger partial charge >= 0.3 is 0 Å². The van der Waals surface area contributed by atoms with Gasteiger partial charge in [-0.15, -0.1) is 0 Å². The monoisotopic (exact) mass is 381 g/mol. The Kier molecular flexibility index (Phi) is 6.11. The second-order valence-electron chi connectivity index (χ2n) is 7.35. The SMILES string of the molecule is Cc1ccc(C(=O)NC2CCN(C(=S)Nc3cc(C)ccc3C)CC2)cc1. The molecule has 142 valence electrons. The zero-order valence-electron chi connectivity index (χ0n) is 16.2. The maximum Gasteiger partial charge on any atom is 0.251 e. The van der Waals surface area contributed by atoms with Gasteiger partial charge in [0.05, 0.1) is 0 Å². The highest BCUT2D eigenvalue weighted by molar-refractivity contribution is 7.80. The topological polar surface area (TPSA) is 44.4 Å². The van der Waals surface area contributed by atoms with Crippen LogP contribution in [0.2, 0.25) is 0 Å². The molecule has 0 aromatic heterocycles. The van der Waals surface area contributed by atoms with Crippen LogP contribution in [-0.4, -0.2) is 35.1 Å². The number of likely N-dealkylation sites (tertiary alicyclic amines) is 1. The van der Waals surface area contributed by atoms with E-state index in [0.29, 0.717) is 0 Å². The van der Waals surface area contributed by atoms with Gasteiger partial charge in [0.1, 0.15) is 0 Å². The van der Waals surface area contributed by atoms with Crippen molar-refractivity contribution in [2.24, 2.45) is 0 Å². The number of carbonyl (C=O) groups excluding carboxylic acids is 1. The Hall–Kier alpha value is -2.40. The summed E-state index contributed by atoms with van der Waals surface area (Å²) in [4.78, 5) is 14.6. The van der Waals surface area contributed by atoms with Crippen LogP contribution in [0.5, 0.6) is 0 Å². The summed E-state index contributed by atoms with van der Waals surface area (Å²) >= 11 is 5.60. The maximum atomic E-state index is 12.4.